The summed E-state index contributed by atoms with van der Waals surface area (Å²) < 4.78 is 39.0. The second-order valence-corrected chi connectivity index (χ2v) is 3.23. The van der Waals surface area contributed by atoms with Crippen LogP contribution in [0.5, 0.6) is 0 Å². The highest BCUT2D eigenvalue weighted by Gasteiger charge is 2.30. The van der Waals surface area contributed by atoms with E-state index in [0.717, 1.165) is 4.90 Å². The first kappa shape index (κ1) is 14.0. The van der Waals surface area contributed by atoms with Gasteiger partial charge in [-0.15, -0.1) is 0 Å². The molecule has 15 heavy (non-hydrogen) atoms. The number of alkyl halides is 3. The van der Waals surface area contributed by atoms with E-state index in [2.05, 4.69) is 4.74 Å². The molecule has 1 amide bonds. The highest BCUT2D eigenvalue weighted by Crippen LogP contribution is 2.14. The van der Waals surface area contributed by atoms with Gasteiger partial charge in [0.1, 0.15) is 0 Å². The number of rotatable bonds is 4. The Labute approximate surface area is 85.6 Å². The Balaban J connectivity index is 3.80. The second kappa shape index (κ2) is 5.79. The maximum Gasteiger partial charge on any atom is 0.422 e. The molecule has 0 aromatic heterocycles. The molecule has 0 heterocycles. The molecule has 0 fully saturated rings. The van der Waals surface area contributed by atoms with Gasteiger partial charge in [-0.3, -0.25) is 0 Å². The fraction of sp³-hybridized carbons (Fsp3) is 0.875. The average molecular weight is 229 g/mol. The van der Waals surface area contributed by atoms with Gasteiger partial charge in [0.05, 0.1) is 6.10 Å². The van der Waals surface area contributed by atoms with Gasteiger partial charge in [0, 0.05) is 13.6 Å². The van der Waals surface area contributed by atoms with Crippen LogP contribution in [0.4, 0.5) is 18.0 Å². The highest BCUT2D eigenvalue weighted by molar-refractivity contribution is 5.67. The maximum absolute atomic E-state index is 11.7. The first-order chi connectivity index (χ1) is 6.72. The van der Waals surface area contributed by atoms with Gasteiger partial charge < -0.3 is 14.7 Å². The summed E-state index contributed by atoms with van der Waals surface area (Å²) in [7, 11) is 1.31. The summed E-state index contributed by atoms with van der Waals surface area (Å²) in [5, 5.41) is 8.88. The molecular formula is C8H14F3NO3. The van der Waals surface area contributed by atoms with Crippen LogP contribution in [0.2, 0.25) is 0 Å². The summed E-state index contributed by atoms with van der Waals surface area (Å²) in [6.45, 7) is 0.0775. The smallest absolute Gasteiger partial charge is 0.422 e. The zero-order valence-electron chi connectivity index (χ0n) is 8.54. The molecule has 1 N–H and O–H groups in total. The van der Waals surface area contributed by atoms with Crippen LogP contribution in [0.1, 0.15) is 13.3 Å². The Morgan fingerprint density at radius 3 is 2.47 bits per heavy atom. The van der Waals surface area contributed by atoms with Crippen LogP contribution in [0.15, 0.2) is 0 Å². The quantitative estimate of drug-likeness (QED) is 0.792. The zero-order valence-corrected chi connectivity index (χ0v) is 8.54. The van der Waals surface area contributed by atoms with Crippen LogP contribution in [0, 0.1) is 0 Å². The summed E-state index contributed by atoms with van der Waals surface area (Å²) in [6, 6.07) is 0. The molecule has 0 saturated heterocycles. The lowest BCUT2D eigenvalue weighted by molar-refractivity contribution is -0.162. The van der Waals surface area contributed by atoms with E-state index >= 15 is 0 Å². The molecule has 0 aromatic carbocycles. The monoisotopic (exact) mass is 229 g/mol. The Morgan fingerprint density at radius 1 is 1.53 bits per heavy atom. The van der Waals surface area contributed by atoms with E-state index in [1.54, 1.807) is 0 Å². The molecule has 1 atom stereocenters. The van der Waals surface area contributed by atoms with E-state index in [-0.39, 0.29) is 13.0 Å². The number of halogens is 3. The lowest BCUT2D eigenvalue weighted by atomic mass is 10.3. The van der Waals surface area contributed by atoms with E-state index in [9.17, 15) is 18.0 Å². The minimum Gasteiger partial charge on any atom is -0.440 e. The van der Waals surface area contributed by atoms with Gasteiger partial charge in [0.15, 0.2) is 6.61 Å². The Morgan fingerprint density at radius 2 is 2.07 bits per heavy atom. The number of aliphatic hydroxyl groups excluding tert-OH is 1. The lowest BCUT2D eigenvalue weighted by Gasteiger charge is -2.18. The fourth-order valence-electron chi connectivity index (χ4n) is 0.726. The summed E-state index contributed by atoms with van der Waals surface area (Å²) in [4.78, 5) is 11.9. The van der Waals surface area contributed by atoms with Crippen molar-refractivity contribution in [2.45, 2.75) is 25.6 Å². The van der Waals surface area contributed by atoms with Gasteiger partial charge in [-0.1, -0.05) is 0 Å². The lowest BCUT2D eigenvalue weighted by Crippen LogP contribution is -2.32. The molecule has 0 aliphatic heterocycles. The largest absolute Gasteiger partial charge is 0.440 e. The molecule has 0 bridgehead atoms. The Bertz CT molecular complexity index is 206. The number of hydrogen-bond acceptors (Lipinski definition) is 3. The van der Waals surface area contributed by atoms with Crippen molar-refractivity contribution in [1.82, 2.24) is 4.90 Å². The highest BCUT2D eigenvalue weighted by atomic mass is 19.4. The molecule has 0 saturated carbocycles. The van der Waals surface area contributed by atoms with Crippen LogP contribution < -0.4 is 0 Å². The normalized spacial score (nSPS) is 13.5. The molecule has 0 aliphatic rings. The van der Waals surface area contributed by atoms with Crippen molar-refractivity contribution in [3.05, 3.63) is 0 Å². The topological polar surface area (TPSA) is 49.8 Å². The molecule has 0 spiro atoms. The molecule has 0 rings (SSSR count). The molecule has 7 heteroatoms. The van der Waals surface area contributed by atoms with Crippen LogP contribution in [-0.4, -0.2) is 48.6 Å². The van der Waals surface area contributed by atoms with E-state index in [4.69, 9.17) is 5.11 Å². The van der Waals surface area contributed by atoms with Crippen LogP contribution >= 0.6 is 0 Å². The van der Waals surface area contributed by atoms with Gasteiger partial charge in [-0.2, -0.15) is 13.2 Å². The summed E-state index contributed by atoms with van der Waals surface area (Å²) >= 11 is 0. The Kier molecular flexibility index (Phi) is 5.41. The van der Waals surface area contributed by atoms with Crippen molar-refractivity contribution in [2.24, 2.45) is 0 Å². The van der Waals surface area contributed by atoms with Crippen molar-refractivity contribution in [3.8, 4) is 0 Å². The molecule has 90 valence electrons. The molecule has 0 aliphatic carbocycles. The number of nitrogens with zero attached hydrogens (tertiary/aromatic N) is 1. The number of carbonyl (C=O) groups excluding carboxylic acids is 1. The van der Waals surface area contributed by atoms with E-state index in [1.165, 1.54) is 14.0 Å². The van der Waals surface area contributed by atoms with Crippen molar-refractivity contribution < 1.29 is 27.8 Å². The molecular weight excluding hydrogens is 215 g/mol. The van der Waals surface area contributed by atoms with Crippen molar-refractivity contribution in [3.63, 3.8) is 0 Å². The molecule has 4 nitrogen and oxygen atoms in total. The van der Waals surface area contributed by atoms with Crippen molar-refractivity contribution in [2.75, 3.05) is 20.2 Å². The zero-order chi connectivity index (χ0) is 12.1. The first-order valence-electron chi connectivity index (χ1n) is 4.35. The third kappa shape index (κ3) is 8.04. The summed E-state index contributed by atoms with van der Waals surface area (Å²) in [5.74, 6) is 0. The molecule has 0 radical (unpaired) electrons. The van der Waals surface area contributed by atoms with Crippen LogP contribution in [0.3, 0.4) is 0 Å². The third-order valence-electron chi connectivity index (χ3n) is 1.55. The fourth-order valence-corrected chi connectivity index (χ4v) is 0.726. The van der Waals surface area contributed by atoms with Gasteiger partial charge in [-0.25, -0.2) is 4.79 Å². The standard InChI is InChI=1S/C8H14F3NO3/c1-6(13)3-4-12(2)7(14)15-5-8(9,10)11/h6,13H,3-5H2,1-2H3. The SMILES string of the molecule is CC(O)CCN(C)C(=O)OCC(F)(F)F. The van der Waals surface area contributed by atoms with Gasteiger partial charge >= 0.3 is 12.3 Å². The second-order valence-electron chi connectivity index (χ2n) is 3.23. The molecule has 0 aromatic rings. The molecule has 1 unspecified atom stereocenters. The van der Waals surface area contributed by atoms with Gasteiger partial charge in [0.2, 0.25) is 0 Å². The van der Waals surface area contributed by atoms with Crippen molar-refractivity contribution >= 4 is 6.09 Å². The number of hydrogen-bond donors (Lipinski definition) is 1. The Hall–Kier alpha value is -0.980. The predicted octanol–water partition coefficient (Wildman–Crippen LogP) is 1.39. The van der Waals surface area contributed by atoms with Crippen LogP contribution in [0.25, 0.3) is 0 Å². The van der Waals surface area contributed by atoms with E-state index in [0.29, 0.717) is 0 Å². The summed E-state index contributed by atoms with van der Waals surface area (Å²) in [6.07, 6.45) is -5.88. The third-order valence-corrected chi connectivity index (χ3v) is 1.55. The minimum atomic E-state index is -4.51. The maximum atomic E-state index is 11.7. The minimum absolute atomic E-state index is 0.147. The number of aliphatic hydroxyl groups is 1. The number of amides is 1. The van der Waals surface area contributed by atoms with Gasteiger partial charge in [0.25, 0.3) is 0 Å². The summed E-state index contributed by atoms with van der Waals surface area (Å²) in [5.41, 5.74) is 0. The van der Waals surface area contributed by atoms with Gasteiger partial charge in [-0.05, 0) is 13.3 Å². The predicted molar refractivity (Wildman–Crippen MR) is 46.3 cm³/mol. The number of carbonyl (C=O) groups is 1. The van der Waals surface area contributed by atoms with E-state index < -0.39 is 25.0 Å². The first-order valence-corrected chi connectivity index (χ1v) is 4.35. The average Bonchev–Trinajstić information content (AvgIpc) is 2.08. The van der Waals surface area contributed by atoms with E-state index in [1.807, 2.05) is 0 Å². The van der Waals surface area contributed by atoms with Crippen LogP contribution in [-0.2, 0) is 4.74 Å². The number of ether oxygens (including phenoxy) is 1. The van der Waals surface area contributed by atoms with Crippen molar-refractivity contribution in [1.29, 1.82) is 0 Å².